The molecule has 1 nitrogen and oxygen atoms in total. The topological polar surface area (TPSA) is 17.1 Å². The molecule has 2 aromatic rings. The third-order valence-corrected chi connectivity index (χ3v) is 3.32. The van der Waals surface area contributed by atoms with E-state index in [4.69, 9.17) is 0 Å². The Morgan fingerprint density at radius 3 is 2.41 bits per heavy atom. The van der Waals surface area contributed by atoms with Crippen molar-refractivity contribution >= 4 is 21.7 Å². The standard InChI is InChI=1S/C14H10BrFO/c1-9-5-7-10(8-6-9)14(17)11-3-2-4-12(16)13(11)15/h2-8H,1H3. The molecule has 0 saturated carbocycles. The highest BCUT2D eigenvalue weighted by molar-refractivity contribution is 9.10. The molecule has 0 unspecified atom stereocenters. The maximum Gasteiger partial charge on any atom is 0.194 e. The number of carbonyl (C=O) groups excluding carboxylic acids is 1. The molecule has 0 N–H and O–H groups in total. The van der Waals surface area contributed by atoms with Gasteiger partial charge < -0.3 is 0 Å². The van der Waals surface area contributed by atoms with Gasteiger partial charge in [0.15, 0.2) is 5.78 Å². The van der Waals surface area contributed by atoms with Crippen LogP contribution in [0.3, 0.4) is 0 Å². The molecule has 0 aromatic heterocycles. The summed E-state index contributed by atoms with van der Waals surface area (Å²) in [5.74, 6) is -0.612. The molecule has 0 spiro atoms. The van der Waals surface area contributed by atoms with Crippen LogP contribution in [0, 0.1) is 12.7 Å². The average Bonchev–Trinajstić information content (AvgIpc) is 2.33. The summed E-state index contributed by atoms with van der Waals surface area (Å²) in [6.45, 7) is 1.95. The number of benzene rings is 2. The lowest BCUT2D eigenvalue weighted by atomic mass is 10.0. The smallest absolute Gasteiger partial charge is 0.194 e. The van der Waals surface area contributed by atoms with E-state index in [-0.39, 0.29) is 10.3 Å². The summed E-state index contributed by atoms with van der Waals surface area (Å²) in [7, 11) is 0. The van der Waals surface area contributed by atoms with E-state index in [1.807, 2.05) is 19.1 Å². The summed E-state index contributed by atoms with van der Waals surface area (Å²) in [6, 6.07) is 11.7. The van der Waals surface area contributed by atoms with Crippen molar-refractivity contribution in [2.75, 3.05) is 0 Å². The lowest BCUT2D eigenvalue weighted by Gasteiger charge is -2.04. The number of halogens is 2. The Bertz CT molecular complexity index is 561. The van der Waals surface area contributed by atoms with Crippen molar-refractivity contribution in [2.45, 2.75) is 6.92 Å². The van der Waals surface area contributed by atoms with Gasteiger partial charge >= 0.3 is 0 Å². The highest BCUT2D eigenvalue weighted by Gasteiger charge is 2.14. The first-order valence-corrected chi connectivity index (χ1v) is 5.94. The van der Waals surface area contributed by atoms with E-state index >= 15 is 0 Å². The van der Waals surface area contributed by atoms with Crippen molar-refractivity contribution in [1.82, 2.24) is 0 Å². The van der Waals surface area contributed by atoms with Crippen molar-refractivity contribution < 1.29 is 9.18 Å². The molecular formula is C14H10BrFO. The molecule has 17 heavy (non-hydrogen) atoms. The molecular weight excluding hydrogens is 283 g/mol. The molecule has 2 rings (SSSR count). The van der Waals surface area contributed by atoms with Crippen molar-refractivity contribution in [2.24, 2.45) is 0 Å². The lowest BCUT2D eigenvalue weighted by molar-refractivity contribution is 0.103. The maximum absolute atomic E-state index is 13.3. The minimum absolute atomic E-state index is 0.184. The summed E-state index contributed by atoms with van der Waals surface area (Å²) in [4.78, 5) is 12.1. The minimum Gasteiger partial charge on any atom is -0.289 e. The van der Waals surface area contributed by atoms with Gasteiger partial charge in [0.25, 0.3) is 0 Å². The summed E-state index contributed by atoms with van der Waals surface area (Å²) >= 11 is 3.10. The molecule has 0 aliphatic carbocycles. The second kappa shape index (κ2) is 4.80. The summed E-state index contributed by atoms with van der Waals surface area (Å²) in [5, 5.41) is 0. The first kappa shape index (κ1) is 12.0. The van der Waals surface area contributed by atoms with Gasteiger partial charge in [-0.1, -0.05) is 35.9 Å². The second-order valence-electron chi connectivity index (χ2n) is 3.80. The number of aryl methyl sites for hydroxylation is 1. The van der Waals surface area contributed by atoms with Gasteiger partial charge in [-0.25, -0.2) is 4.39 Å². The molecule has 3 heteroatoms. The summed E-state index contributed by atoms with van der Waals surface area (Å²) in [6.07, 6.45) is 0. The largest absolute Gasteiger partial charge is 0.289 e. The lowest BCUT2D eigenvalue weighted by Crippen LogP contribution is -2.03. The van der Waals surface area contributed by atoms with Crippen molar-refractivity contribution in [3.63, 3.8) is 0 Å². The highest BCUT2D eigenvalue weighted by atomic mass is 79.9. The van der Waals surface area contributed by atoms with Crippen LogP contribution >= 0.6 is 15.9 Å². The van der Waals surface area contributed by atoms with Gasteiger partial charge in [0, 0.05) is 11.1 Å². The number of ketones is 1. The predicted molar refractivity (Wildman–Crippen MR) is 68.7 cm³/mol. The minimum atomic E-state index is -0.428. The summed E-state index contributed by atoms with van der Waals surface area (Å²) < 4.78 is 13.5. The predicted octanol–water partition coefficient (Wildman–Crippen LogP) is 4.13. The van der Waals surface area contributed by atoms with Crippen molar-refractivity contribution in [3.05, 3.63) is 69.4 Å². The van der Waals surface area contributed by atoms with Gasteiger partial charge in [-0.05, 0) is 35.0 Å². The van der Waals surface area contributed by atoms with Crippen LogP contribution in [-0.2, 0) is 0 Å². The van der Waals surface area contributed by atoms with Crippen LogP contribution in [0.1, 0.15) is 21.5 Å². The Labute approximate surface area is 107 Å². The van der Waals surface area contributed by atoms with E-state index in [9.17, 15) is 9.18 Å². The fourth-order valence-corrected chi connectivity index (χ4v) is 1.98. The van der Waals surface area contributed by atoms with Crippen LogP contribution < -0.4 is 0 Å². The molecule has 0 bridgehead atoms. The van der Waals surface area contributed by atoms with Gasteiger partial charge in [0.1, 0.15) is 5.82 Å². The molecule has 0 aliphatic rings. The Balaban J connectivity index is 2.44. The van der Waals surface area contributed by atoms with Crippen LogP contribution in [0.4, 0.5) is 4.39 Å². The van der Waals surface area contributed by atoms with Crippen molar-refractivity contribution in [1.29, 1.82) is 0 Å². The SMILES string of the molecule is Cc1ccc(C(=O)c2cccc(F)c2Br)cc1. The van der Waals surface area contributed by atoms with Gasteiger partial charge in [0.2, 0.25) is 0 Å². The van der Waals surface area contributed by atoms with Crippen molar-refractivity contribution in [3.8, 4) is 0 Å². The molecule has 86 valence electrons. The van der Waals surface area contributed by atoms with Gasteiger partial charge in [-0.2, -0.15) is 0 Å². The van der Waals surface area contributed by atoms with E-state index in [2.05, 4.69) is 15.9 Å². The third kappa shape index (κ3) is 2.44. The fraction of sp³-hybridized carbons (Fsp3) is 0.0714. The van der Waals surface area contributed by atoms with Crippen LogP contribution in [0.2, 0.25) is 0 Å². The Hall–Kier alpha value is -1.48. The number of hydrogen-bond acceptors (Lipinski definition) is 1. The van der Waals surface area contributed by atoms with Crippen LogP contribution in [-0.4, -0.2) is 5.78 Å². The normalized spacial score (nSPS) is 10.3. The third-order valence-electron chi connectivity index (χ3n) is 2.51. The van der Waals surface area contributed by atoms with E-state index < -0.39 is 5.82 Å². The molecule has 0 saturated heterocycles. The molecule has 2 aromatic carbocycles. The van der Waals surface area contributed by atoms with E-state index in [1.165, 1.54) is 12.1 Å². The average molecular weight is 293 g/mol. The quantitative estimate of drug-likeness (QED) is 0.761. The van der Waals surface area contributed by atoms with E-state index in [1.54, 1.807) is 18.2 Å². The van der Waals surface area contributed by atoms with Crippen LogP contribution in [0.25, 0.3) is 0 Å². The van der Waals surface area contributed by atoms with E-state index in [0.717, 1.165) is 5.56 Å². The van der Waals surface area contributed by atoms with Gasteiger partial charge in [-0.3, -0.25) is 4.79 Å². The molecule has 0 amide bonds. The number of carbonyl (C=O) groups is 1. The zero-order valence-electron chi connectivity index (χ0n) is 9.21. The van der Waals surface area contributed by atoms with Gasteiger partial charge in [-0.15, -0.1) is 0 Å². The first-order valence-electron chi connectivity index (χ1n) is 5.15. The molecule has 0 heterocycles. The number of rotatable bonds is 2. The highest BCUT2D eigenvalue weighted by Crippen LogP contribution is 2.23. The zero-order valence-corrected chi connectivity index (χ0v) is 10.8. The fourth-order valence-electron chi connectivity index (χ4n) is 1.54. The zero-order chi connectivity index (χ0) is 12.4. The summed E-state index contributed by atoms with van der Waals surface area (Å²) in [5.41, 5.74) is 1.98. The Morgan fingerprint density at radius 1 is 1.12 bits per heavy atom. The molecule has 0 atom stereocenters. The van der Waals surface area contributed by atoms with Gasteiger partial charge in [0.05, 0.1) is 4.47 Å². The second-order valence-corrected chi connectivity index (χ2v) is 4.59. The molecule has 0 aliphatic heterocycles. The molecule has 0 radical (unpaired) electrons. The first-order chi connectivity index (χ1) is 8.09. The van der Waals surface area contributed by atoms with Crippen LogP contribution in [0.5, 0.6) is 0 Å². The molecule has 0 fully saturated rings. The van der Waals surface area contributed by atoms with E-state index in [0.29, 0.717) is 11.1 Å². The van der Waals surface area contributed by atoms with Crippen LogP contribution in [0.15, 0.2) is 46.9 Å². The maximum atomic E-state index is 13.3. The monoisotopic (exact) mass is 292 g/mol. The number of hydrogen-bond donors (Lipinski definition) is 0. The Kier molecular flexibility index (Phi) is 3.38. The Morgan fingerprint density at radius 2 is 1.76 bits per heavy atom.